The van der Waals surface area contributed by atoms with Crippen LogP contribution in [0.4, 0.5) is 49.5 Å². The monoisotopic (exact) mass is 1900 g/mol. The number of rotatable bonds is 28. The molecule has 5 fully saturated rings. The summed E-state index contributed by atoms with van der Waals surface area (Å²) in [7, 11) is 0. The normalized spacial score (nSPS) is 14.9. The molecule has 0 bridgehead atoms. The molecule has 18 rings (SSSR count). The Labute approximate surface area is 821 Å². The average Bonchev–Trinajstić information content (AvgIpc) is 1.66. The zero-order chi connectivity index (χ0) is 99.1. The van der Waals surface area contributed by atoms with E-state index in [0.717, 1.165) is 163 Å². The molecular formula is C110H139FN24O5. The number of aromatic nitrogens is 10. The maximum absolute atomic E-state index is 13.4. The number of alkyl halides is 1. The van der Waals surface area contributed by atoms with Gasteiger partial charge < -0.3 is 73.6 Å². The van der Waals surface area contributed by atoms with Crippen molar-refractivity contribution in [2.45, 2.75) is 205 Å². The number of hydrogen-bond donors (Lipinski definition) is 13. The summed E-state index contributed by atoms with van der Waals surface area (Å²) in [6.07, 6.45) is 11.8. The number of H-pyrrole nitrogens is 5. The second-order valence-electron chi connectivity index (χ2n) is 39.0. The number of anilines is 7. The van der Waals surface area contributed by atoms with Crippen molar-refractivity contribution in [2.75, 3.05) is 115 Å². The first kappa shape index (κ1) is 100. The lowest BCUT2D eigenvalue weighted by molar-refractivity contribution is 0.0991. The molecule has 17 N–H and O–H groups in total. The number of nitrogens with two attached hydrogens (primary N) is 4. The fraction of sp³-hybridized carbons (Fsp3) is 0.400. The van der Waals surface area contributed by atoms with Crippen LogP contribution in [0.3, 0.4) is 0 Å². The summed E-state index contributed by atoms with van der Waals surface area (Å²) in [5, 5.41) is 50.6. The summed E-state index contributed by atoms with van der Waals surface area (Å²) in [6, 6.07) is 49.4. The van der Waals surface area contributed by atoms with Crippen LogP contribution in [0.15, 0.2) is 146 Å². The molecule has 0 aliphatic carbocycles. The third-order valence-corrected chi connectivity index (χ3v) is 29.2. The topological polar surface area (TPSA) is 400 Å². The number of piperidine rings is 3. The van der Waals surface area contributed by atoms with Gasteiger partial charge in [-0.05, 0) is 313 Å². The van der Waals surface area contributed by atoms with Gasteiger partial charge >= 0.3 is 6.03 Å². The van der Waals surface area contributed by atoms with Gasteiger partial charge in [0.25, 0.3) is 23.6 Å². The summed E-state index contributed by atoms with van der Waals surface area (Å²) in [4.78, 5) is 75.5. The van der Waals surface area contributed by atoms with Gasteiger partial charge in [0.05, 0.1) is 34.5 Å². The third kappa shape index (κ3) is 24.9. The van der Waals surface area contributed by atoms with Crippen molar-refractivity contribution in [3.05, 3.63) is 302 Å². The second-order valence-corrected chi connectivity index (χ2v) is 39.0. The molecule has 29 nitrogen and oxygen atoms in total. The molecule has 10 heterocycles. The molecule has 5 aromatic heterocycles. The number of nitrogens with one attached hydrogen (secondary N) is 9. The van der Waals surface area contributed by atoms with E-state index in [1.54, 1.807) is 6.20 Å². The summed E-state index contributed by atoms with van der Waals surface area (Å²) in [5.74, 6) is 0.834. The Morgan fingerprint density at radius 2 is 0.636 bits per heavy atom. The van der Waals surface area contributed by atoms with E-state index in [0.29, 0.717) is 127 Å². The van der Waals surface area contributed by atoms with Crippen LogP contribution in [0.5, 0.6) is 0 Å². The van der Waals surface area contributed by atoms with Crippen LogP contribution >= 0.6 is 0 Å². The van der Waals surface area contributed by atoms with E-state index < -0.39 is 29.8 Å². The Bertz CT molecular complexity index is 6420. The van der Waals surface area contributed by atoms with Gasteiger partial charge in [0.15, 0.2) is 23.3 Å². The van der Waals surface area contributed by atoms with Gasteiger partial charge in [0.1, 0.15) is 28.4 Å². The number of nitrogens with zero attached hydrogens (tertiary/aromatic N) is 11. The molecule has 0 spiro atoms. The van der Waals surface area contributed by atoms with Gasteiger partial charge in [-0.1, -0.05) is 97.9 Å². The number of urea groups is 1. The van der Waals surface area contributed by atoms with E-state index in [4.69, 9.17) is 22.9 Å². The van der Waals surface area contributed by atoms with Crippen LogP contribution in [0.1, 0.15) is 234 Å². The predicted octanol–water partition coefficient (Wildman–Crippen LogP) is 17.4. The van der Waals surface area contributed by atoms with E-state index in [-0.39, 0.29) is 6.03 Å². The van der Waals surface area contributed by atoms with E-state index >= 15 is 0 Å². The zero-order valence-electron chi connectivity index (χ0n) is 83.5. The third-order valence-electron chi connectivity index (χ3n) is 29.2. The van der Waals surface area contributed by atoms with Crippen LogP contribution in [0, 0.1) is 89.0 Å². The average molecular weight is 1900 g/mol. The molecule has 0 unspecified atom stereocenters. The largest absolute Gasteiger partial charge is 0.371 e. The Morgan fingerprint density at radius 3 is 0.957 bits per heavy atom. The van der Waals surface area contributed by atoms with E-state index in [1.165, 1.54) is 111 Å². The number of aromatic amines is 5. The van der Waals surface area contributed by atoms with Crippen molar-refractivity contribution in [1.82, 2.24) is 65.7 Å². The summed E-state index contributed by atoms with van der Waals surface area (Å²) in [6.45, 7) is 41.1. The van der Waals surface area contributed by atoms with Crippen molar-refractivity contribution in [1.29, 1.82) is 0 Å². The quantitative estimate of drug-likeness (QED) is 0.0217. The van der Waals surface area contributed by atoms with Gasteiger partial charge in [-0.25, -0.2) is 9.18 Å². The predicted molar refractivity (Wildman–Crippen MR) is 559 cm³/mol. The lowest BCUT2D eigenvalue weighted by atomic mass is 9.94. The van der Waals surface area contributed by atoms with Crippen molar-refractivity contribution < 1.29 is 28.4 Å². The highest BCUT2D eigenvalue weighted by Gasteiger charge is 2.32. The van der Waals surface area contributed by atoms with Crippen LogP contribution in [0.25, 0.3) is 10.9 Å². The fourth-order valence-electron chi connectivity index (χ4n) is 19.9. The first-order valence-electron chi connectivity index (χ1n) is 49.4. The highest BCUT2D eigenvalue weighted by Crippen LogP contribution is 2.34. The Balaban J connectivity index is 0.000000142. The van der Waals surface area contributed by atoms with Crippen molar-refractivity contribution >= 4 is 80.9 Å². The first-order chi connectivity index (χ1) is 67.3. The lowest BCUT2D eigenvalue weighted by Gasteiger charge is -2.42. The number of hydrogen-bond acceptors (Lipinski definition) is 18. The lowest BCUT2D eigenvalue weighted by Crippen LogP contribution is -2.52. The van der Waals surface area contributed by atoms with Gasteiger partial charge in [-0.2, -0.15) is 25.5 Å². The van der Waals surface area contributed by atoms with Gasteiger partial charge in [0.2, 0.25) is 0 Å². The zero-order valence-corrected chi connectivity index (χ0v) is 83.5. The number of carbonyl (C=O) groups is 5. The molecule has 5 aliphatic rings. The van der Waals surface area contributed by atoms with Crippen molar-refractivity contribution in [3.8, 4) is 0 Å². The minimum Gasteiger partial charge on any atom is -0.371 e. The minimum atomic E-state index is -0.685. The van der Waals surface area contributed by atoms with Crippen LogP contribution in [-0.4, -0.2) is 186 Å². The van der Waals surface area contributed by atoms with Crippen LogP contribution < -0.4 is 58.9 Å². The maximum Gasteiger partial charge on any atom is 0.320 e. The number of halogens is 1. The Hall–Kier alpha value is -14.3. The maximum atomic E-state index is 13.4. The number of benzene rings is 8. The fourth-order valence-corrected chi connectivity index (χ4v) is 19.9. The minimum absolute atomic E-state index is 0.185. The molecule has 30 heteroatoms. The summed E-state index contributed by atoms with van der Waals surface area (Å²) in [5.41, 5.74) is 55.8. The first-order valence-corrected chi connectivity index (χ1v) is 49.4. The SMILES string of the molecule is Cc1cc(CNc2n[nH]c(Cc3ccc(N4CCC(F)CC4)cc3)c2C(N)=O)cc(C)c1C.Cc1cc(CNc2n[nH]c(Cc3ccc(N4CCC(N5CCC(C)CC5)CC4)cc3)c2C(N)=O)cc(C)c1C.Cc1cc(CNc2n[nH]c(Cc3ccc(N4CCN(C(=O)N5CCCC5)CC4)cc3)c2C(N)=O)cc(C)c1C.Cc1cc(CNc2n[nH]c(Cc3ccc4[nH]ncc4c3)c2C(N)=O)cc(C)c1C. The Kier molecular flexibility index (Phi) is 32.6. The standard InChI is InChI=1S/C32H44N6O.C30H39N7O2.C26H32FN5O.C22H24N6O/c1-21-9-13-37(14-10-21)28-11-15-38(16-12-28)27-7-5-25(6-8-27)19-29-30(31(33)39)32(36-35-29)34-20-26-17-22(2)24(4)23(3)18-26;1-20-16-24(17-21(2)22(20)3)19-32-29-27(28(31)38)26(33-34-29)18-23-6-8-25(9-7-23)35-12-14-37(15-13-35)30(39)36-10-4-5-11-36;1-16-12-20(13-17(2)18(16)3)15-29-26-24(25(28)33)23(30-31-26)14-19-4-6-22(7-5-19)32-10-8-21(27)9-11-32;1-12-6-16(7-13(2)14(12)3)10-24-22-20(21(23)29)19(27-28-22)9-15-4-5-18-17(8-15)11-25-26-18/h5-8,17-18,21,28H,9-16,19-20H2,1-4H3,(H2,33,39)(H2,34,35,36);6-9,16-17H,4-5,10-15,18-19H2,1-3H3,(H2,31,38)(H2,32,33,34);4-7,12-13,21H,8-11,14-15H2,1-3H3,(H2,28,33)(H2,29,30,31);4-8,11H,9-10H2,1-3H3,(H2,23,29)(H,25,26)(H2,24,27,28). The smallest absolute Gasteiger partial charge is 0.320 e. The molecule has 5 aliphatic heterocycles. The highest BCUT2D eigenvalue weighted by molar-refractivity contribution is 6.01. The Morgan fingerprint density at radius 1 is 0.343 bits per heavy atom. The molecule has 736 valence electrons. The van der Waals surface area contributed by atoms with E-state index in [9.17, 15) is 28.4 Å². The molecular weight excluding hydrogens is 1760 g/mol. The molecule has 5 saturated heterocycles. The van der Waals surface area contributed by atoms with Gasteiger partial charge in [-0.3, -0.25) is 44.7 Å². The highest BCUT2D eigenvalue weighted by atomic mass is 19.1. The van der Waals surface area contributed by atoms with Crippen molar-refractivity contribution in [2.24, 2.45) is 28.9 Å². The number of piperazine rings is 1. The number of primary amides is 4. The molecule has 0 atom stereocenters. The van der Waals surface area contributed by atoms with Crippen LogP contribution in [-0.2, 0) is 51.9 Å². The molecule has 6 amide bonds. The van der Waals surface area contributed by atoms with Gasteiger partial charge in [0, 0.05) is 146 Å². The molecule has 13 aromatic rings. The number of aryl methyl sites for hydroxylation is 8. The summed E-state index contributed by atoms with van der Waals surface area (Å²) >= 11 is 0. The van der Waals surface area contributed by atoms with Gasteiger partial charge in [-0.15, -0.1) is 0 Å². The molecule has 140 heavy (non-hydrogen) atoms. The molecule has 0 radical (unpaired) electrons. The van der Waals surface area contributed by atoms with Crippen LogP contribution in [0.2, 0.25) is 0 Å². The number of fused-ring (bicyclic) bond motifs is 1. The molecule has 8 aromatic carbocycles. The van der Waals surface area contributed by atoms with E-state index in [1.807, 2.05) is 40.1 Å². The number of likely N-dealkylation sites (tertiary alicyclic amines) is 2. The second kappa shape index (κ2) is 45.5. The summed E-state index contributed by atoms with van der Waals surface area (Å²) < 4.78 is 13.4. The molecule has 0 saturated carbocycles. The van der Waals surface area contributed by atoms with Crippen molar-refractivity contribution in [3.63, 3.8) is 0 Å². The van der Waals surface area contributed by atoms with E-state index in [2.05, 4.69) is 291 Å². The number of amides is 6. The number of carbonyl (C=O) groups excluding carboxylic acids is 5.